The van der Waals surface area contributed by atoms with Crippen molar-refractivity contribution in [3.63, 3.8) is 0 Å². The fraction of sp³-hybridized carbons (Fsp3) is 0.737. The van der Waals surface area contributed by atoms with Crippen LogP contribution in [0.4, 0.5) is 0 Å². The molecule has 0 radical (unpaired) electrons. The number of rotatable bonds is 8. The van der Waals surface area contributed by atoms with Crippen LogP contribution in [0.15, 0.2) is 17.1 Å². The number of nitrogens with one attached hydrogen (secondary N) is 2. The maximum Gasteiger partial charge on any atom is 0.191 e. The molecule has 0 aromatic carbocycles. The molecule has 0 saturated carbocycles. The molecule has 1 fully saturated rings. The molecule has 3 N–H and O–H groups in total. The van der Waals surface area contributed by atoms with Crippen LogP contribution in [0.1, 0.15) is 42.9 Å². The highest BCUT2D eigenvalue weighted by atomic mass is 32.1. The Morgan fingerprint density at radius 3 is 2.80 bits per heavy atom. The largest absolute Gasteiger partial charge is 0.393 e. The summed E-state index contributed by atoms with van der Waals surface area (Å²) in [7, 11) is 0. The number of aryl methyl sites for hydroxylation is 1. The van der Waals surface area contributed by atoms with Crippen molar-refractivity contribution in [1.82, 2.24) is 15.5 Å². The van der Waals surface area contributed by atoms with Crippen LogP contribution in [-0.2, 0) is 6.42 Å². The maximum absolute atomic E-state index is 9.56. The van der Waals surface area contributed by atoms with Gasteiger partial charge in [-0.2, -0.15) is 0 Å². The third-order valence-electron chi connectivity index (χ3n) is 4.49. The topological polar surface area (TPSA) is 59.9 Å². The number of likely N-dealkylation sites (tertiary alicyclic amines) is 1. The van der Waals surface area contributed by atoms with Gasteiger partial charge in [0.25, 0.3) is 0 Å². The first kappa shape index (κ1) is 20.2. The van der Waals surface area contributed by atoms with Gasteiger partial charge in [0, 0.05) is 48.4 Å². The van der Waals surface area contributed by atoms with Crippen molar-refractivity contribution in [2.24, 2.45) is 4.99 Å². The van der Waals surface area contributed by atoms with E-state index in [1.54, 1.807) is 0 Å². The van der Waals surface area contributed by atoms with E-state index in [0.717, 1.165) is 64.4 Å². The minimum Gasteiger partial charge on any atom is -0.393 e. The quantitative estimate of drug-likeness (QED) is 0.376. The van der Waals surface area contributed by atoms with Crippen molar-refractivity contribution >= 4 is 17.3 Å². The Bertz CT molecular complexity index is 523. The Morgan fingerprint density at radius 1 is 1.40 bits per heavy atom. The molecule has 1 atom stereocenters. The highest BCUT2D eigenvalue weighted by molar-refractivity contribution is 7.11. The van der Waals surface area contributed by atoms with Crippen LogP contribution in [0.2, 0.25) is 0 Å². The lowest BCUT2D eigenvalue weighted by Crippen LogP contribution is -2.43. The van der Waals surface area contributed by atoms with Crippen LogP contribution in [0.25, 0.3) is 0 Å². The first-order valence-corrected chi connectivity index (χ1v) is 10.4. The molecule has 0 amide bonds. The van der Waals surface area contributed by atoms with E-state index in [1.807, 2.05) is 11.3 Å². The normalized spacial score (nSPS) is 18.3. The molecule has 6 heteroatoms. The fourth-order valence-electron chi connectivity index (χ4n) is 3.13. The van der Waals surface area contributed by atoms with Crippen LogP contribution >= 0.6 is 11.3 Å². The Hall–Kier alpha value is -1.11. The minimum atomic E-state index is -0.0903. The Morgan fingerprint density at radius 2 is 2.16 bits per heavy atom. The molecule has 1 aliphatic heterocycles. The predicted molar refractivity (Wildman–Crippen MR) is 108 cm³/mol. The molecule has 0 aliphatic carbocycles. The molecular formula is C19H34N4OS. The van der Waals surface area contributed by atoms with Crippen LogP contribution < -0.4 is 10.6 Å². The second-order valence-corrected chi connectivity index (χ2v) is 8.32. The van der Waals surface area contributed by atoms with Crippen LogP contribution in [0.3, 0.4) is 0 Å². The highest BCUT2D eigenvalue weighted by Gasteiger charge is 2.16. The van der Waals surface area contributed by atoms with E-state index in [2.05, 4.69) is 48.4 Å². The predicted octanol–water partition coefficient (Wildman–Crippen LogP) is 2.39. The number of hydrogen-bond acceptors (Lipinski definition) is 4. The smallest absolute Gasteiger partial charge is 0.191 e. The second kappa shape index (κ2) is 10.8. The third kappa shape index (κ3) is 7.75. The summed E-state index contributed by atoms with van der Waals surface area (Å²) in [5, 5.41) is 16.4. The molecule has 2 rings (SSSR count). The zero-order chi connectivity index (χ0) is 18.1. The Labute approximate surface area is 156 Å². The SMILES string of the molecule is CCNC(=NCCCN1CCC(O)CC1)NC(C)Cc1ccc(C)s1. The zero-order valence-electron chi connectivity index (χ0n) is 15.9. The fourth-order valence-corrected chi connectivity index (χ4v) is 4.15. The zero-order valence-corrected chi connectivity index (χ0v) is 16.7. The molecule has 142 valence electrons. The first-order valence-electron chi connectivity index (χ1n) is 9.57. The number of nitrogens with zero attached hydrogens (tertiary/aromatic N) is 2. The number of thiophene rings is 1. The van der Waals surface area contributed by atoms with Crippen LogP contribution in [0.5, 0.6) is 0 Å². The van der Waals surface area contributed by atoms with Crippen LogP contribution in [0, 0.1) is 6.92 Å². The molecule has 2 heterocycles. The van der Waals surface area contributed by atoms with Gasteiger partial charge in [-0.25, -0.2) is 0 Å². The number of piperidine rings is 1. The lowest BCUT2D eigenvalue weighted by Gasteiger charge is -2.29. The molecule has 0 bridgehead atoms. The molecule has 1 aromatic heterocycles. The summed E-state index contributed by atoms with van der Waals surface area (Å²) >= 11 is 1.87. The Kier molecular flexibility index (Phi) is 8.72. The summed E-state index contributed by atoms with van der Waals surface area (Å²) < 4.78 is 0. The second-order valence-electron chi connectivity index (χ2n) is 6.95. The third-order valence-corrected chi connectivity index (χ3v) is 5.51. The van der Waals surface area contributed by atoms with Crippen molar-refractivity contribution < 1.29 is 5.11 Å². The standard InChI is InChI=1S/C19H34N4OS/c1-4-20-19(22-15(2)14-18-7-6-16(3)25-18)21-10-5-11-23-12-8-17(24)9-13-23/h6-7,15,17,24H,4-5,8-14H2,1-3H3,(H2,20,21,22). The van der Waals surface area contributed by atoms with Gasteiger partial charge in [-0.15, -0.1) is 11.3 Å². The number of aliphatic hydroxyl groups is 1. The van der Waals surface area contributed by atoms with E-state index in [1.165, 1.54) is 9.75 Å². The van der Waals surface area contributed by atoms with Crippen molar-refractivity contribution in [3.05, 3.63) is 21.9 Å². The average molecular weight is 367 g/mol. The van der Waals surface area contributed by atoms with Gasteiger partial charge in [0.2, 0.25) is 0 Å². The Balaban J connectivity index is 1.71. The molecule has 0 spiro atoms. The van der Waals surface area contributed by atoms with E-state index < -0.39 is 0 Å². The number of hydrogen-bond donors (Lipinski definition) is 3. The van der Waals surface area contributed by atoms with Gasteiger partial charge in [-0.05, 0) is 58.7 Å². The van der Waals surface area contributed by atoms with Crippen molar-refractivity contribution in [2.75, 3.05) is 32.7 Å². The van der Waals surface area contributed by atoms with Crippen molar-refractivity contribution in [3.8, 4) is 0 Å². The van der Waals surface area contributed by atoms with E-state index in [9.17, 15) is 5.11 Å². The molecular weight excluding hydrogens is 332 g/mol. The van der Waals surface area contributed by atoms with Gasteiger partial charge in [-0.1, -0.05) is 0 Å². The van der Waals surface area contributed by atoms with Gasteiger partial charge >= 0.3 is 0 Å². The van der Waals surface area contributed by atoms with Gasteiger partial charge < -0.3 is 20.6 Å². The molecule has 1 aliphatic rings. The van der Waals surface area contributed by atoms with E-state index >= 15 is 0 Å². The maximum atomic E-state index is 9.56. The molecule has 5 nitrogen and oxygen atoms in total. The summed E-state index contributed by atoms with van der Waals surface area (Å²) in [4.78, 5) is 9.94. The van der Waals surface area contributed by atoms with Gasteiger partial charge in [0.15, 0.2) is 5.96 Å². The van der Waals surface area contributed by atoms with E-state index in [4.69, 9.17) is 4.99 Å². The van der Waals surface area contributed by atoms with E-state index in [0.29, 0.717) is 6.04 Å². The first-order chi connectivity index (χ1) is 12.1. The number of aliphatic hydroxyl groups excluding tert-OH is 1. The number of guanidine groups is 1. The summed E-state index contributed by atoms with van der Waals surface area (Å²) in [6.45, 7) is 11.3. The average Bonchev–Trinajstić information content (AvgIpc) is 2.98. The molecule has 1 unspecified atom stereocenters. The summed E-state index contributed by atoms with van der Waals surface area (Å²) in [6.07, 6.45) is 3.82. The number of aliphatic imine (C=N–C) groups is 1. The van der Waals surface area contributed by atoms with Gasteiger partial charge in [0.1, 0.15) is 0 Å². The van der Waals surface area contributed by atoms with Crippen molar-refractivity contribution in [2.45, 2.75) is 58.6 Å². The lowest BCUT2D eigenvalue weighted by atomic mass is 10.1. The lowest BCUT2D eigenvalue weighted by molar-refractivity contribution is 0.0824. The summed E-state index contributed by atoms with van der Waals surface area (Å²) in [5.74, 6) is 0.914. The van der Waals surface area contributed by atoms with Crippen LogP contribution in [-0.4, -0.2) is 60.8 Å². The van der Waals surface area contributed by atoms with Gasteiger partial charge in [-0.3, -0.25) is 4.99 Å². The minimum absolute atomic E-state index is 0.0903. The molecule has 1 saturated heterocycles. The monoisotopic (exact) mass is 366 g/mol. The van der Waals surface area contributed by atoms with E-state index in [-0.39, 0.29) is 6.10 Å². The molecule has 1 aromatic rings. The summed E-state index contributed by atoms with van der Waals surface area (Å²) in [6, 6.07) is 4.77. The summed E-state index contributed by atoms with van der Waals surface area (Å²) in [5.41, 5.74) is 0. The molecule has 25 heavy (non-hydrogen) atoms. The van der Waals surface area contributed by atoms with Crippen molar-refractivity contribution in [1.29, 1.82) is 0 Å². The highest BCUT2D eigenvalue weighted by Crippen LogP contribution is 2.16. The van der Waals surface area contributed by atoms with Gasteiger partial charge in [0.05, 0.1) is 6.10 Å².